The minimum Gasteiger partial charge on any atom is -0.348 e. The molecule has 0 saturated heterocycles. The lowest BCUT2D eigenvalue weighted by atomic mass is 10.1. The van der Waals surface area contributed by atoms with Gasteiger partial charge in [0.15, 0.2) is 0 Å². The van der Waals surface area contributed by atoms with Crippen LogP contribution >= 0.6 is 15.9 Å². The number of carbonyl (C=O) groups excluding carboxylic acids is 2. The monoisotopic (exact) mass is 436 g/mol. The smallest absolute Gasteiger partial charge is 0.239 e. The summed E-state index contributed by atoms with van der Waals surface area (Å²) in [5.74, 6) is -0.363. The molecule has 0 saturated carbocycles. The Bertz CT molecular complexity index is 783. The molecule has 1 heterocycles. The average Bonchev–Trinajstić information content (AvgIpc) is 2.63. The first-order valence-corrected chi connectivity index (χ1v) is 9.23. The Labute approximate surface area is 166 Å². The third kappa shape index (κ3) is 6.41. The molecule has 27 heavy (non-hydrogen) atoms. The van der Waals surface area contributed by atoms with Crippen molar-refractivity contribution in [2.45, 2.75) is 25.9 Å². The maximum absolute atomic E-state index is 13.0. The summed E-state index contributed by atoms with van der Waals surface area (Å²) in [4.78, 5) is 30.3. The molecule has 1 aromatic heterocycles. The van der Waals surface area contributed by atoms with Crippen LogP contribution in [0.3, 0.4) is 0 Å². The van der Waals surface area contributed by atoms with E-state index in [0.717, 1.165) is 10.0 Å². The van der Waals surface area contributed by atoms with Crippen LogP contribution in [0.25, 0.3) is 0 Å². The lowest BCUT2D eigenvalue weighted by molar-refractivity contribution is -0.127. The largest absolute Gasteiger partial charge is 0.348 e. The molecule has 0 aliphatic rings. The molecule has 2 amide bonds. The predicted molar refractivity (Wildman–Crippen MR) is 106 cm³/mol. The Morgan fingerprint density at radius 3 is 2.44 bits per heavy atom. The highest BCUT2D eigenvalue weighted by atomic mass is 79.9. The SMILES string of the molecule is CC(NC(=O)C(C)N(C)CC(=O)Nc1ccc(Br)cn1)c1ccc(F)cc1. The summed E-state index contributed by atoms with van der Waals surface area (Å²) >= 11 is 3.28. The van der Waals surface area contributed by atoms with Crippen LogP contribution in [0.4, 0.5) is 10.2 Å². The van der Waals surface area contributed by atoms with E-state index >= 15 is 0 Å². The molecular weight excluding hydrogens is 415 g/mol. The van der Waals surface area contributed by atoms with Gasteiger partial charge in [-0.3, -0.25) is 14.5 Å². The van der Waals surface area contributed by atoms with Crippen LogP contribution in [0.1, 0.15) is 25.5 Å². The van der Waals surface area contributed by atoms with Gasteiger partial charge in [0.05, 0.1) is 18.6 Å². The Kier molecular flexibility index (Phi) is 7.44. The number of nitrogens with one attached hydrogen (secondary N) is 2. The highest BCUT2D eigenvalue weighted by Crippen LogP contribution is 2.14. The maximum atomic E-state index is 13.0. The number of carbonyl (C=O) groups is 2. The second-order valence-corrected chi connectivity index (χ2v) is 7.20. The zero-order valence-corrected chi connectivity index (χ0v) is 17.0. The number of halogens is 2. The first-order chi connectivity index (χ1) is 12.8. The lowest BCUT2D eigenvalue weighted by Gasteiger charge is -2.25. The number of nitrogens with zero attached hydrogens (tertiary/aromatic N) is 2. The van der Waals surface area contributed by atoms with Crippen molar-refractivity contribution in [3.05, 3.63) is 58.4 Å². The second-order valence-electron chi connectivity index (χ2n) is 6.28. The van der Waals surface area contributed by atoms with E-state index < -0.39 is 6.04 Å². The van der Waals surface area contributed by atoms with Crippen molar-refractivity contribution < 1.29 is 14.0 Å². The van der Waals surface area contributed by atoms with Crippen molar-refractivity contribution in [1.29, 1.82) is 0 Å². The Morgan fingerprint density at radius 2 is 1.85 bits per heavy atom. The summed E-state index contributed by atoms with van der Waals surface area (Å²) < 4.78 is 13.8. The van der Waals surface area contributed by atoms with Crippen molar-refractivity contribution >= 4 is 33.6 Å². The number of likely N-dealkylation sites (N-methyl/N-ethyl adjacent to an activating group) is 1. The van der Waals surface area contributed by atoms with E-state index in [1.165, 1.54) is 12.1 Å². The van der Waals surface area contributed by atoms with E-state index in [2.05, 4.69) is 31.5 Å². The van der Waals surface area contributed by atoms with Crippen LogP contribution in [0.5, 0.6) is 0 Å². The van der Waals surface area contributed by atoms with Crippen LogP contribution in [0.15, 0.2) is 47.1 Å². The third-order valence-corrected chi connectivity index (χ3v) is 4.63. The molecular formula is C19H22BrFN4O2. The van der Waals surface area contributed by atoms with Gasteiger partial charge in [0.2, 0.25) is 11.8 Å². The molecule has 2 rings (SSSR count). The zero-order valence-electron chi connectivity index (χ0n) is 15.4. The van der Waals surface area contributed by atoms with Gasteiger partial charge in [-0.2, -0.15) is 0 Å². The minimum absolute atomic E-state index is 0.0389. The molecule has 8 heteroatoms. The molecule has 2 N–H and O–H groups in total. The molecule has 1 aromatic carbocycles. The van der Waals surface area contributed by atoms with Crippen LogP contribution in [-0.2, 0) is 9.59 Å². The molecule has 0 radical (unpaired) electrons. The van der Waals surface area contributed by atoms with Crippen molar-refractivity contribution in [2.24, 2.45) is 0 Å². The molecule has 0 aliphatic carbocycles. The Hall–Kier alpha value is -2.32. The fourth-order valence-corrected chi connectivity index (χ4v) is 2.60. The maximum Gasteiger partial charge on any atom is 0.239 e. The number of amides is 2. The molecule has 6 nitrogen and oxygen atoms in total. The Morgan fingerprint density at radius 1 is 1.19 bits per heavy atom. The Balaban J connectivity index is 1.86. The van der Waals surface area contributed by atoms with Crippen molar-refractivity contribution in [1.82, 2.24) is 15.2 Å². The van der Waals surface area contributed by atoms with Gasteiger partial charge in [-0.15, -0.1) is 0 Å². The fraction of sp³-hybridized carbons (Fsp3) is 0.316. The van der Waals surface area contributed by atoms with Crippen molar-refractivity contribution in [2.75, 3.05) is 18.9 Å². The molecule has 0 fully saturated rings. The van der Waals surface area contributed by atoms with Gasteiger partial charge in [-0.1, -0.05) is 12.1 Å². The van der Waals surface area contributed by atoms with Crippen molar-refractivity contribution in [3.63, 3.8) is 0 Å². The summed E-state index contributed by atoms with van der Waals surface area (Å²) in [5, 5.41) is 5.56. The summed E-state index contributed by atoms with van der Waals surface area (Å²) in [7, 11) is 1.70. The number of anilines is 1. The first kappa shape index (κ1) is 21.0. The summed E-state index contributed by atoms with van der Waals surface area (Å²) in [6, 6.07) is 8.65. The zero-order chi connectivity index (χ0) is 20.0. The lowest BCUT2D eigenvalue weighted by Crippen LogP contribution is -2.46. The second kappa shape index (κ2) is 9.57. The van der Waals surface area contributed by atoms with Crippen LogP contribution in [0, 0.1) is 5.82 Å². The average molecular weight is 437 g/mol. The minimum atomic E-state index is -0.517. The third-order valence-electron chi connectivity index (χ3n) is 4.16. The predicted octanol–water partition coefficient (Wildman–Crippen LogP) is 3.12. The van der Waals surface area contributed by atoms with E-state index in [-0.39, 0.29) is 30.2 Å². The summed E-state index contributed by atoms with van der Waals surface area (Å²) in [6.45, 7) is 3.58. The normalized spacial score (nSPS) is 13.1. The number of pyridine rings is 1. The first-order valence-electron chi connectivity index (χ1n) is 8.43. The highest BCUT2D eigenvalue weighted by Gasteiger charge is 2.22. The van der Waals surface area contributed by atoms with E-state index in [0.29, 0.717) is 5.82 Å². The fourth-order valence-electron chi connectivity index (χ4n) is 2.36. The van der Waals surface area contributed by atoms with E-state index in [1.807, 2.05) is 6.92 Å². The molecule has 144 valence electrons. The van der Waals surface area contributed by atoms with Gasteiger partial charge in [-0.05, 0) is 66.7 Å². The molecule has 2 unspecified atom stereocenters. The molecule has 0 bridgehead atoms. The quantitative estimate of drug-likeness (QED) is 0.698. The topological polar surface area (TPSA) is 74.3 Å². The molecule has 0 spiro atoms. The van der Waals surface area contributed by atoms with Gasteiger partial charge < -0.3 is 10.6 Å². The van der Waals surface area contributed by atoms with Gasteiger partial charge >= 0.3 is 0 Å². The van der Waals surface area contributed by atoms with Gasteiger partial charge in [0.25, 0.3) is 0 Å². The van der Waals surface area contributed by atoms with E-state index in [4.69, 9.17) is 0 Å². The number of hydrogen-bond donors (Lipinski definition) is 2. The number of aromatic nitrogens is 1. The number of hydrogen-bond acceptors (Lipinski definition) is 4. The summed E-state index contributed by atoms with van der Waals surface area (Å²) in [6.07, 6.45) is 1.59. The van der Waals surface area contributed by atoms with Gasteiger partial charge in [0, 0.05) is 10.7 Å². The van der Waals surface area contributed by atoms with Gasteiger partial charge in [0.1, 0.15) is 11.6 Å². The summed E-state index contributed by atoms with van der Waals surface area (Å²) in [5.41, 5.74) is 0.804. The highest BCUT2D eigenvalue weighted by molar-refractivity contribution is 9.10. The van der Waals surface area contributed by atoms with Crippen LogP contribution < -0.4 is 10.6 Å². The van der Waals surface area contributed by atoms with E-state index in [1.54, 1.807) is 49.3 Å². The number of rotatable bonds is 7. The van der Waals surface area contributed by atoms with Gasteiger partial charge in [-0.25, -0.2) is 9.37 Å². The molecule has 2 atom stereocenters. The van der Waals surface area contributed by atoms with Crippen LogP contribution in [-0.4, -0.2) is 41.3 Å². The number of benzene rings is 1. The van der Waals surface area contributed by atoms with E-state index in [9.17, 15) is 14.0 Å². The van der Waals surface area contributed by atoms with Crippen LogP contribution in [0.2, 0.25) is 0 Å². The molecule has 0 aliphatic heterocycles. The standard InChI is InChI=1S/C19H22BrFN4O2/c1-12(14-4-7-16(21)8-5-14)23-19(27)13(2)25(3)11-18(26)24-17-9-6-15(20)10-22-17/h4-10,12-13H,11H2,1-3H3,(H,23,27)(H,22,24,26). The molecule has 2 aromatic rings. The van der Waals surface area contributed by atoms with Crippen molar-refractivity contribution in [3.8, 4) is 0 Å².